The van der Waals surface area contributed by atoms with E-state index in [2.05, 4.69) is 21.1 Å². The molecule has 0 spiro atoms. The van der Waals surface area contributed by atoms with Gasteiger partial charge in [-0.1, -0.05) is 26.0 Å². The van der Waals surface area contributed by atoms with Crippen LogP contribution in [0.1, 0.15) is 13.8 Å². The number of rotatable bonds is 3. The van der Waals surface area contributed by atoms with Gasteiger partial charge in [0.15, 0.2) is 0 Å². The second kappa shape index (κ2) is 4.19. The first-order valence-corrected chi connectivity index (χ1v) is 2.80. The number of hydrogen-bond acceptors (Lipinski definition) is 1. The summed E-state index contributed by atoms with van der Waals surface area (Å²) in [6.07, 6.45) is 1.05. The summed E-state index contributed by atoms with van der Waals surface area (Å²) in [5.41, 5.74) is 5.25. The van der Waals surface area contributed by atoms with Crippen molar-refractivity contribution < 1.29 is 0 Å². The van der Waals surface area contributed by atoms with Crippen molar-refractivity contribution in [3.05, 3.63) is 0 Å². The zero-order valence-electron chi connectivity index (χ0n) is 5.15. The van der Waals surface area contributed by atoms with Crippen LogP contribution in [-0.2, 0) is 0 Å². The molecule has 0 saturated heterocycles. The van der Waals surface area contributed by atoms with Gasteiger partial charge in [-0.3, -0.25) is 0 Å². The first kappa shape index (κ1) is 7.02. The third-order valence-corrected chi connectivity index (χ3v) is 0.805. The van der Waals surface area contributed by atoms with Crippen LogP contribution in [0.3, 0.4) is 0 Å². The summed E-state index contributed by atoms with van der Waals surface area (Å²) in [6.45, 7) is 5.11. The first-order chi connectivity index (χ1) is 3.27. The predicted molar refractivity (Wildman–Crippen MR) is 34.7 cm³/mol. The largest absolute Gasteiger partial charge is 0.331 e. The molecule has 41 valence electrons. The maximum atomic E-state index is 5.25. The van der Waals surface area contributed by atoms with E-state index in [4.69, 9.17) is 5.73 Å². The Hall–Kier alpha value is 0.0249. The molecule has 0 bridgehead atoms. The summed E-state index contributed by atoms with van der Waals surface area (Å²) in [5.74, 6) is 0.698. The molecule has 0 aromatic heterocycles. The number of nitrogens with two attached hydrogens (primary N) is 1. The summed E-state index contributed by atoms with van der Waals surface area (Å²) in [7, 11) is 2.22. The van der Waals surface area contributed by atoms with Gasteiger partial charge < -0.3 is 5.73 Å². The van der Waals surface area contributed by atoms with Gasteiger partial charge >= 0.3 is 0 Å². The maximum Gasteiger partial charge on any atom is 0.114 e. The lowest BCUT2D eigenvalue weighted by Crippen LogP contribution is -2.04. The molecule has 1 radical (unpaired) electrons. The van der Waals surface area contributed by atoms with E-state index in [1.165, 1.54) is 0 Å². The van der Waals surface area contributed by atoms with Gasteiger partial charge in [-0.2, -0.15) is 0 Å². The topological polar surface area (TPSA) is 26.0 Å². The molecule has 0 aromatic carbocycles. The van der Waals surface area contributed by atoms with Crippen molar-refractivity contribution >= 4 is 7.28 Å². The summed E-state index contributed by atoms with van der Waals surface area (Å²) in [5, 5.41) is 0. The van der Waals surface area contributed by atoms with Gasteiger partial charge in [0.25, 0.3) is 0 Å². The lowest BCUT2D eigenvalue weighted by Gasteiger charge is -1.96. The van der Waals surface area contributed by atoms with Crippen molar-refractivity contribution in [1.82, 2.24) is 0 Å². The first-order valence-electron chi connectivity index (χ1n) is 2.80. The fourth-order valence-electron chi connectivity index (χ4n) is 0.430. The fourth-order valence-corrected chi connectivity index (χ4v) is 0.430. The molecule has 0 aromatic rings. The molecular formula is C5H13BN. The molecule has 7 heavy (non-hydrogen) atoms. The molecule has 0 rings (SSSR count). The molecule has 2 heteroatoms. The second-order valence-electron chi connectivity index (χ2n) is 2.06. The highest BCUT2D eigenvalue weighted by Gasteiger charge is 1.91. The van der Waals surface area contributed by atoms with Crippen LogP contribution in [0.5, 0.6) is 0 Å². The Morgan fingerprint density at radius 1 is 1.57 bits per heavy atom. The Morgan fingerprint density at radius 3 is 2.29 bits per heavy atom. The SMILES string of the molecule is CC(C)[B]CCN. The third-order valence-electron chi connectivity index (χ3n) is 0.805. The van der Waals surface area contributed by atoms with Crippen molar-refractivity contribution in [2.75, 3.05) is 6.54 Å². The van der Waals surface area contributed by atoms with E-state index in [-0.39, 0.29) is 0 Å². The predicted octanol–water partition coefficient (Wildman–Crippen LogP) is 0.896. The van der Waals surface area contributed by atoms with Crippen LogP contribution in [0.15, 0.2) is 0 Å². The maximum absolute atomic E-state index is 5.25. The number of hydrogen-bond donors (Lipinski definition) is 1. The van der Waals surface area contributed by atoms with Crippen molar-refractivity contribution in [3.63, 3.8) is 0 Å². The highest BCUT2D eigenvalue weighted by Crippen LogP contribution is 1.97. The summed E-state index contributed by atoms with van der Waals surface area (Å²) >= 11 is 0. The zero-order valence-corrected chi connectivity index (χ0v) is 5.15. The Balaban J connectivity index is 2.68. The second-order valence-corrected chi connectivity index (χ2v) is 2.06. The molecule has 0 heterocycles. The van der Waals surface area contributed by atoms with Gasteiger partial charge in [0.2, 0.25) is 0 Å². The molecule has 0 fully saturated rings. The molecule has 0 aliphatic carbocycles. The molecule has 0 atom stereocenters. The van der Waals surface area contributed by atoms with Crippen molar-refractivity contribution in [3.8, 4) is 0 Å². The molecule has 0 unspecified atom stereocenters. The van der Waals surface area contributed by atoms with Crippen LogP contribution in [0.25, 0.3) is 0 Å². The van der Waals surface area contributed by atoms with E-state index in [0.29, 0.717) is 5.82 Å². The molecule has 0 saturated carbocycles. The summed E-state index contributed by atoms with van der Waals surface area (Å²) in [6, 6.07) is 0. The van der Waals surface area contributed by atoms with E-state index < -0.39 is 0 Å². The third kappa shape index (κ3) is 6.02. The Kier molecular flexibility index (Phi) is 4.21. The van der Waals surface area contributed by atoms with Gasteiger partial charge in [-0.25, -0.2) is 0 Å². The Bertz CT molecular complexity index is 37.1. The van der Waals surface area contributed by atoms with Gasteiger partial charge in [0.05, 0.1) is 0 Å². The van der Waals surface area contributed by atoms with Crippen LogP contribution in [0.4, 0.5) is 0 Å². The van der Waals surface area contributed by atoms with Crippen molar-refractivity contribution in [1.29, 1.82) is 0 Å². The molecule has 0 amide bonds. The van der Waals surface area contributed by atoms with Crippen LogP contribution in [-0.4, -0.2) is 13.8 Å². The van der Waals surface area contributed by atoms with E-state index in [0.717, 1.165) is 12.9 Å². The van der Waals surface area contributed by atoms with E-state index in [1.54, 1.807) is 0 Å². The van der Waals surface area contributed by atoms with Gasteiger partial charge in [-0.15, -0.1) is 0 Å². The molecule has 2 N–H and O–H groups in total. The quantitative estimate of drug-likeness (QED) is 0.521. The molecule has 0 aliphatic rings. The monoisotopic (exact) mass is 98.1 g/mol. The fraction of sp³-hybridized carbons (Fsp3) is 1.00. The minimum Gasteiger partial charge on any atom is -0.331 e. The molecular weight excluding hydrogens is 84.9 g/mol. The van der Waals surface area contributed by atoms with Gasteiger partial charge in [-0.05, 0) is 6.54 Å². The molecule has 0 aliphatic heterocycles. The lowest BCUT2D eigenvalue weighted by molar-refractivity contribution is 1.02. The average Bonchev–Trinajstić information content (AvgIpc) is 1.61. The van der Waals surface area contributed by atoms with E-state index in [9.17, 15) is 0 Å². The van der Waals surface area contributed by atoms with Gasteiger partial charge in [0, 0.05) is 0 Å². The Morgan fingerprint density at radius 2 is 2.14 bits per heavy atom. The van der Waals surface area contributed by atoms with Crippen LogP contribution in [0.2, 0.25) is 12.1 Å². The normalized spacial score (nSPS) is 9.71. The minimum atomic E-state index is 0.698. The lowest BCUT2D eigenvalue weighted by atomic mass is 9.64. The molecule has 1 nitrogen and oxygen atoms in total. The van der Waals surface area contributed by atoms with Crippen LogP contribution >= 0.6 is 0 Å². The standard InChI is InChI=1S/C5H13BN/c1-5(2)6-3-4-7/h5H,3-4,7H2,1-2H3. The van der Waals surface area contributed by atoms with E-state index >= 15 is 0 Å². The average molecular weight is 98.0 g/mol. The Labute approximate surface area is 46.5 Å². The minimum absolute atomic E-state index is 0.698. The smallest absolute Gasteiger partial charge is 0.114 e. The summed E-state index contributed by atoms with van der Waals surface area (Å²) in [4.78, 5) is 0. The highest BCUT2D eigenvalue weighted by molar-refractivity contribution is 6.37. The van der Waals surface area contributed by atoms with Crippen molar-refractivity contribution in [2.24, 2.45) is 5.73 Å². The van der Waals surface area contributed by atoms with Crippen LogP contribution in [0, 0.1) is 0 Å². The van der Waals surface area contributed by atoms with E-state index in [1.807, 2.05) is 0 Å². The van der Waals surface area contributed by atoms with Crippen LogP contribution < -0.4 is 5.73 Å². The highest BCUT2D eigenvalue weighted by atomic mass is 14.5. The zero-order chi connectivity index (χ0) is 5.70. The summed E-state index contributed by atoms with van der Waals surface area (Å²) < 4.78 is 0. The van der Waals surface area contributed by atoms with Crippen molar-refractivity contribution in [2.45, 2.75) is 26.0 Å². The van der Waals surface area contributed by atoms with Gasteiger partial charge in [0.1, 0.15) is 7.28 Å².